The molecule has 1 aromatic carbocycles. The second-order valence-electron chi connectivity index (χ2n) is 3.76. The highest BCUT2D eigenvalue weighted by Crippen LogP contribution is 2.25. The van der Waals surface area contributed by atoms with Gasteiger partial charge in [-0.05, 0) is 48.4 Å². The third-order valence-corrected chi connectivity index (χ3v) is 2.64. The van der Waals surface area contributed by atoms with Crippen molar-refractivity contribution in [2.24, 2.45) is 5.92 Å². The normalized spacial score (nSPS) is 22.0. The summed E-state index contributed by atoms with van der Waals surface area (Å²) in [6, 6.07) is 5.18. The van der Waals surface area contributed by atoms with Gasteiger partial charge >= 0.3 is 0 Å². The van der Waals surface area contributed by atoms with Crippen LogP contribution >= 0.6 is 0 Å². The van der Waals surface area contributed by atoms with E-state index in [1.807, 2.05) is 6.07 Å². The van der Waals surface area contributed by atoms with Crippen molar-refractivity contribution in [1.29, 1.82) is 0 Å². The first-order chi connectivity index (χ1) is 5.75. The van der Waals surface area contributed by atoms with Gasteiger partial charge in [0.2, 0.25) is 0 Å². The van der Waals surface area contributed by atoms with E-state index in [1.54, 1.807) is 12.1 Å². The Balaban J connectivity index is 2.37. The summed E-state index contributed by atoms with van der Waals surface area (Å²) >= 11 is 0. The van der Waals surface area contributed by atoms with Crippen LogP contribution < -0.4 is 0 Å². The zero-order valence-electron chi connectivity index (χ0n) is 7.31. The van der Waals surface area contributed by atoms with Crippen molar-refractivity contribution in [3.63, 3.8) is 0 Å². The molecule has 1 aromatic rings. The summed E-state index contributed by atoms with van der Waals surface area (Å²) in [6.07, 6.45) is 3.42. The number of rotatable bonds is 0. The number of hydrogen-bond acceptors (Lipinski definition) is 0. The molecule has 0 heterocycles. The minimum atomic E-state index is -0.0946. The lowest BCUT2D eigenvalue weighted by Gasteiger charge is -2.20. The predicted octanol–water partition coefficient (Wildman–Crippen LogP) is 2.95. The molecular weight excluding hydrogens is 151 g/mol. The second kappa shape index (κ2) is 2.89. The van der Waals surface area contributed by atoms with Gasteiger partial charge in [0.05, 0.1) is 0 Å². The number of fused-ring (bicyclic) bond motifs is 1. The van der Waals surface area contributed by atoms with Gasteiger partial charge in [0.25, 0.3) is 0 Å². The minimum Gasteiger partial charge on any atom is -0.207 e. The topological polar surface area (TPSA) is 0 Å². The van der Waals surface area contributed by atoms with E-state index < -0.39 is 0 Å². The molecule has 0 bridgehead atoms. The first-order valence-corrected chi connectivity index (χ1v) is 4.53. The van der Waals surface area contributed by atoms with Crippen LogP contribution in [0.4, 0.5) is 4.39 Å². The van der Waals surface area contributed by atoms with Crippen molar-refractivity contribution in [2.75, 3.05) is 0 Å². The van der Waals surface area contributed by atoms with E-state index >= 15 is 0 Å². The van der Waals surface area contributed by atoms with Crippen LogP contribution in [0.15, 0.2) is 18.2 Å². The maximum atomic E-state index is 12.8. The minimum absolute atomic E-state index is 0.0946. The summed E-state index contributed by atoms with van der Waals surface area (Å²) in [5, 5.41) is 0. The molecule has 1 aliphatic rings. The van der Waals surface area contributed by atoms with Crippen LogP contribution in [0.1, 0.15) is 24.5 Å². The molecular formula is C11H13F. The summed E-state index contributed by atoms with van der Waals surface area (Å²) in [7, 11) is 0. The van der Waals surface area contributed by atoms with E-state index in [1.165, 1.54) is 17.5 Å². The Morgan fingerprint density at radius 2 is 2.17 bits per heavy atom. The molecule has 0 N–H and O–H groups in total. The fourth-order valence-electron chi connectivity index (χ4n) is 1.91. The molecule has 12 heavy (non-hydrogen) atoms. The summed E-state index contributed by atoms with van der Waals surface area (Å²) in [5.41, 5.74) is 2.56. The lowest BCUT2D eigenvalue weighted by atomic mass is 9.85. The van der Waals surface area contributed by atoms with Crippen LogP contribution in [0.5, 0.6) is 0 Å². The molecule has 0 radical (unpaired) electrons. The summed E-state index contributed by atoms with van der Waals surface area (Å²) < 4.78 is 12.8. The van der Waals surface area contributed by atoms with Crippen molar-refractivity contribution in [1.82, 2.24) is 0 Å². The van der Waals surface area contributed by atoms with Gasteiger partial charge in [0.1, 0.15) is 5.82 Å². The van der Waals surface area contributed by atoms with E-state index in [0.29, 0.717) is 0 Å². The number of benzene rings is 1. The third kappa shape index (κ3) is 1.36. The van der Waals surface area contributed by atoms with Crippen LogP contribution in [0.3, 0.4) is 0 Å². The highest BCUT2D eigenvalue weighted by molar-refractivity contribution is 5.30. The fraction of sp³-hybridized carbons (Fsp3) is 0.455. The molecule has 2 rings (SSSR count). The maximum absolute atomic E-state index is 12.8. The average molecular weight is 164 g/mol. The molecule has 0 nitrogen and oxygen atoms in total. The molecule has 0 aromatic heterocycles. The van der Waals surface area contributed by atoms with Crippen molar-refractivity contribution in [3.8, 4) is 0 Å². The molecule has 0 saturated carbocycles. The molecule has 0 unspecified atom stereocenters. The highest BCUT2D eigenvalue weighted by atomic mass is 19.1. The summed E-state index contributed by atoms with van der Waals surface area (Å²) in [4.78, 5) is 0. The molecule has 0 amide bonds. The van der Waals surface area contributed by atoms with E-state index in [0.717, 1.165) is 18.8 Å². The highest BCUT2D eigenvalue weighted by Gasteiger charge is 2.14. The number of hydrogen-bond donors (Lipinski definition) is 0. The Hall–Kier alpha value is -0.850. The average Bonchev–Trinajstić information content (AvgIpc) is 2.03. The maximum Gasteiger partial charge on any atom is 0.123 e. The zero-order chi connectivity index (χ0) is 8.55. The van der Waals surface area contributed by atoms with Gasteiger partial charge in [-0.15, -0.1) is 0 Å². The fourth-order valence-corrected chi connectivity index (χ4v) is 1.91. The van der Waals surface area contributed by atoms with Crippen molar-refractivity contribution in [2.45, 2.75) is 26.2 Å². The largest absolute Gasteiger partial charge is 0.207 e. The lowest BCUT2D eigenvalue weighted by Crippen LogP contribution is -2.11. The Morgan fingerprint density at radius 3 is 3.00 bits per heavy atom. The molecule has 1 atom stereocenters. The van der Waals surface area contributed by atoms with Gasteiger partial charge in [0, 0.05) is 0 Å². The van der Waals surface area contributed by atoms with Crippen LogP contribution in [0.2, 0.25) is 0 Å². The van der Waals surface area contributed by atoms with Crippen molar-refractivity contribution in [3.05, 3.63) is 35.1 Å². The van der Waals surface area contributed by atoms with Crippen molar-refractivity contribution < 1.29 is 4.39 Å². The Kier molecular flexibility index (Phi) is 1.87. The van der Waals surface area contributed by atoms with Gasteiger partial charge in [-0.25, -0.2) is 4.39 Å². The number of halogens is 1. The zero-order valence-corrected chi connectivity index (χ0v) is 7.31. The first kappa shape index (κ1) is 7.78. The number of aryl methyl sites for hydroxylation is 1. The van der Waals surface area contributed by atoms with Gasteiger partial charge < -0.3 is 0 Å². The Labute approximate surface area is 72.4 Å². The first-order valence-electron chi connectivity index (χ1n) is 4.53. The molecule has 0 saturated heterocycles. The molecule has 1 heteroatoms. The van der Waals surface area contributed by atoms with E-state index in [9.17, 15) is 4.39 Å². The Morgan fingerprint density at radius 1 is 1.33 bits per heavy atom. The van der Waals surface area contributed by atoms with Gasteiger partial charge in [-0.3, -0.25) is 0 Å². The second-order valence-corrected chi connectivity index (χ2v) is 3.76. The van der Waals surface area contributed by atoms with Crippen LogP contribution in [0.25, 0.3) is 0 Å². The van der Waals surface area contributed by atoms with Crippen LogP contribution in [-0.2, 0) is 12.8 Å². The van der Waals surface area contributed by atoms with Gasteiger partial charge in [-0.1, -0.05) is 13.0 Å². The van der Waals surface area contributed by atoms with Gasteiger partial charge in [-0.2, -0.15) is 0 Å². The molecule has 0 fully saturated rings. The standard InChI is InChI=1S/C11H13F/c1-8-2-3-9-4-5-11(12)7-10(9)6-8/h4-5,7-8H,2-3,6H2,1H3/t8-/m0/s1. The quantitative estimate of drug-likeness (QED) is 0.553. The van der Waals surface area contributed by atoms with Crippen LogP contribution in [0, 0.1) is 11.7 Å². The predicted molar refractivity (Wildman–Crippen MR) is 47.6 cm³/mol. The molecule has 1 aliphatic carbocycles. The molecule has 0 spiro atoms. The van der Waals surface area contributed by atoms with E-state index in [4.69, 9.17) is 0 Å². The molecule has 64 valence electrons. The summed E-state index contributed by atoms with van der Waals surface area (Å²) in [6.45, 7) is 2.23. The van der Waals surface area contributed by atoms with Crippen LogP contribution in [-0.4, -0.2) is 0 Å². The third-order valence-electron chi connectivity index (χ3n) is 2.64. The van der Waals surface area contributed by atoms with Gasteiger partial charge in [0.15, 0.2) is 0 Å². The monoisotopic (exact) mass is 164 g/mol. The lowest BCUT2D eigenvalue weighted by molar-refractivity contribution is 0.497. The summed E-state index contributed by atoms with van der Waals surface area (Å²) in [5.74, 6) is 0.627. The smallest absolute Gasteiger partial charge is 0.123 e. The van der Waals surface area contributed by atoms with E-state index in [-0.39, 0.29) is 5.82 Å². The SMILES string of the molecule is C[C@H]1CCc2ccc(F)cc2C1. The van der Waals surface area contributed by atoms with E-state index in [2.05, 4.69) is 6.92 Å². The van der Waals surface area contributed by atoms with Crippen molar-refractivity contribution >= 4 is 0 Å². The molecule has 0 aliphatic heterocycles. The Bertz CT molecular complexity index is 291.